The van der Waals surface area contributed by atoms with E-state index >= 15 is 0 Å². The molecule has 8 heteroatoms. The van der Waals surface area contributed by atoms with Crippen molar-refractivity contribution in [1.82, 2.24) is 0 Å². The van der Waals surface area contributed by atoms with Gasteiger partial charge in [-0.2, -0.15) is 0 Å². The third-order valence-electron chi connectivity index (χ3n) is 2.23. The van der Waals surface area contributed by atoms with E-state index in [9.17, 15) is 14.9 Å². The van der Waals surface area contributed by atoms with Crippen LogP contribution >= 0.6 is 31.9 Å². The van der Waals surface area contributed by atoms with Gasteiger partial charge >= 0.3 is 5.97 Å². The molecule has 0 spiro atoms. The van der Waals surface area contributed by atoms with Gasteiger partial charge in [-0.05, 0) is 44.7 Å². The quantitative estimate of drug-likeness (QED) is 0.430. The molecule has 0 amide bonds. The maximum absolute atomic E-state index is 10.6. The molecule has 0 unspecified atom stereocenters. The number of carboxylic acids is 1. The standard InChI is InChI=1S/C11H11Br2NO5/c12-8-5-7(14(17)18)6-9(13)11(8)19-4-2-1-3-10(15)16/h5-6H,1-4H2,(H,15,16). The number of carboxylic acid groups (broad SMARTS) is 1. The highest BCUT2D eigenvalue weighted by Gasteiger charge is 2.14. The topological polar surface area (TPSA) is 89.7 Å². The van der Waals surface area contributed by atoms with E-state index in [-0.39, 0.29) is 12.1 Å². The Balaban J connectivity index is 2.59. The molecule has 0 saturated carbocycles. The largest absolute Gasteiger partial charge is 0.491 e. The molecule has 6 nitrogen and oxygen atoms in total. The van der Waals surface area contributed by atoms with Gasteiger partial charge in [-0.3, -0.25) is 14.9 Å². The Morgan fingerprint density at radius 1 is 1.32 bits per heavy atom. The van der Waals surface area contributed by atoms with Crippen molar-refractivity contribution in [3.63, 3.8) is 0 Å². The van der Waals surface area contributed by atoms with Gasteiger partial charge in [-0.1, -0.05) is 0 Å². The minimum absolute atomic E-state index is 0.0445. The summed E-state index contributed by atoms with van der Waals surface area (Å²) in [6.45, 7) is 0.349. The van der Waals surface area contributed by atoms with Crippen LogP contribution in [-0.2, 0) is 4.79 Å². The number of nitro groups is 1. The number of halogens is 2. The molecule has 1 rings (SSSR count). The van der Waals surface area contributed by atoms with Gasteiger partial charge in [0.25, 0.3) is 5.69 Å². The predicted octanol–water partition coefficient (Wildman–Crippen LogP) is 3.75. The summed E-state index contributed by atoms with van der Waals surface area (Å²) in [5.74, 6) is -0.362. The highest BCUT2D eigenvalue weighted by atomic mass is 79.9. The van der Waals surface area contributed by atoms with Crippen LogP contribution < -0.4 is 4.74 Å². The second kappa shape index (κ2) is 7.44. The van der Waals surface area contributed by atoms with Crippen molar-refractivity contribution in [3.05, 3.63) is 31.2 Å². The molecular formula is C11H11Br2NO5. The molecule has 0 fully saturated rings. The maximum atomic E-state index is 10.6. The van der Waals surface area contributed by atoms with Crippen LogP contribution in [0.25, 0.3) is 0 Å². The molecule has 1 aromatic carbocycles. The fourth-order valence-corrected chi connectivity index (χ4v) is 2.73. The molecule has 0 aliphatic heterocycles. The van der Waals surface area contributed by atoms with E-state index in [4.69, 9.17) is 9.84 Å². The van der Waals surface area contributed by atoms with E-state index in [2.05, 4.69) is 31.9 Å². The lowest BCUT2D eigenvalue weighted by Gasteiger charge is -2.09. The monoisotopic (exact) mass is 395 g/mol. The fourth-order valence-electron chi connectivity index (χ4n) is 1.34. The average molecular weight is 397 g/mol. The van der Waals surface area contributed by atoms with Crippen LogP contribution in [0, 0.1) is 10.1 Å². The van der Waals surface area contributed by atoms with E-state index in [0.717, 1.165) is 0 Å². The third kappa shape index (κ3) is 5.15. The molecular weight excluding hydrogens is 386 g/mol. The molecule has 1 aromatic rings. The first-order valence-corrected chi connectivity index (χ1v) is 6.98. The fraction of sp³-hybridized carbons (Fsp3) is 0.364. The summed E-state index contributed by atoms with van der Waals surface area (Å²) in [5, 5.41) is 19.1. The number of aliphatic carboxylic acids is 1. The van der Waals surface area contributed by atoms with Gasteiger partial charge in [0, 0.05) is 18.6 Å². The molecule has 0 aromatic heterocycles. The second-order valence-electron chi connectivity index (χ2n) is 3.69. The Labute approximate surface area is 126 Å². The molecule has 1 N–H and O–H groups in total. The minimum Gasteiger partial charge on any atom is -0.491 e. The van der Waals surface area contributed by atoms with E-state index in [1.54, 1.807) is 0 Å². The maximum Gasteiger partial charge on any atom is 0.303 e. The Hall–Kier alpha value is -1.15. The summed E-state index contributed by atoms with van der Waals surface area (Å²) in [4.78, 5) is 20.5. The Kier molecular flexibility index (Phi) is 6.23. The zero-order chi connectivity index (χ0) is 14.4. The number of nitrogens with zero attached hydrogens (tertiary/aromatic N) is 1. The number of nitro benzene ring substituents is 1. The minimum atomic E-state index is -0.835. The van der Waals surface area contributed by atoms with Gasteiger partial charge in [0.1, 0.15) is 5.75 Å². The second-order valence-corrected chi connectivity index (χ2v) is 5.40. The summed E-state index contributed by atoms with van der Waals surface area (Å²) in [6, 6.07) is 2.72. The number of benzene rings is 1. The number of carbonyl (C=O) groups is 1. The van der Waals surface area contributed by atoms with Gasteiger partial charge in [0.05, 0.1) is 20.5 Å². The number of non-ortho nitro benzene ring substituents is 1. The van der Waals surface area contributed by atoms with Crippen molar-refractivity contribution >= 4 is 43.5 Å². The Bertz CT molecular complexity index is 469. The van der Waals surface area contributed by atoms with E-state index in [1.165, 1.54) is 12.1 Å². The summed E-state index contributed by atoms with van der Waals surface area (Å²) in [6.07, 6.45) is 1.23. The zero-order valence-electron chi connectivity index (χ0n) is 9.77. The first kappa shape index (κ1) is 15.9. The predicted molar refractivity (Wildman–Crippen MR) is 75.5 cm³/mol. The van der Waals surface area contributed by atoms with Crippen LogP contribution in [0.2, 0.25) is 0 Å². The lowest BCUT2D eigenvalue weighted by Crippen LogP contribution is -2.01. The van der Waals surface area contributed by atoms with Gasteiger partial charge in [0.15, 0.2) is 0 Å². The normalized spacial score (nSPS) is 10.2. The SMILES string of the molecule is O=C(O)CCCCOc1c(Br)cc([N+](=O)[O-])cc1Br. The molecule has 0 aliphatic carbocycles. The van der Waals surface area contributed by atoms with E-state index in [1.807, 2.05) is 0 Å². The third-order valence-corrected chi connectivity index (χ3v) is 3.40. The van der Waals surface area contributed by atoms with Crippen molar-refractivity contribution in [3.8, 4) is 5.75 Å². The summed E-state index contributed by atoms with van der Waals surface area (Å²) in [7, 11) is 0. The number of rotatable bonds is 7. The molecule has 0 saturated heterocycles. The summed E-state index contributed by atoms with van der Waals surface area (Å²) in [5.41, 5.74) is -0.0445. The van der Waals surface area contributed by atoms with Crippen LogP contribution in [0.1, 0.15) is 19.3 Å². The molecule has 0 radical (unpaired) electrons. The highest BCUT2D eigenvalue weighted by Crippen LogP contribution is 2.37. The summed E-state index contributed by atoms with van der Waals surface area (Å²) >= 11 is 6.41. The molecule has 19 heavy (non-hydrogen) atoms. The van der Waals surface area contributed by atoms with Crippen molar-refractivity contribution in [2.75, 3.05) is 6.61 Å². The van der Waals surface area contributed by atoms with Crippen LogP contribution in [0.15, 0.2) is 21.1 Å². The van der Waals surface area contributed by atoms with E-state index in [0.29, 0.717) is 34.1 Å². The van der Waals surface area contributed by atoms with Gasteiger partial charge in [-0.25, -0.2) is 0 Å². The van der Waals surface area contributed by atoms with Crippen LogP contribution in [0.3, 0.4) is 0 Å². The molecule has 0 atom stereocenters. The molecule has 104 valence electrons. The van der Waals surface area contributed by atoms with Crippen LogP contribution in [-0.4, -0.2) is 22.6 Å². The van der Waals surface area contributed by atoms with Crippen LogP contribution in [0.4, 0.5) is 5.69 Å². The molecule has 0 bridgehead atoms. The summed E-state index contributed by atoms with van der Waals surface area (Å²) < 4.78 is 6.43. The van der Waals surface area contributed by atoms with Gasteiger partial charge < -0.3 is 9.84 Å². The lowest BCUT2D eigenvalue weighted by atomic mass is 10.2. The lowest BCUT2D eigenvalue weighted by molar-refractivity contribution is -0.385. The van der Waals surface area contributed by atoms with Gasteiger partial charge in [-0.15, -0.1) is 0 Å². The van der Waals surface area contributed by atoms with Gasteiger partial charge in [0.2, 0.25) is 0 Å². The number of unbranched alkanes of at least 4 members (excludes halogenated alkanes) is 1. The van der Waals surface area contributed by atoms with Crippen LogP contribution in [0.5, 0.6) is 5.75 Å². The highest BCUT2D eigenvalue weighted by molar-refractivity contribution is 9.11. The Morgan fingerprint density at radius 3 is 2.37 bits per heavy atom. The first-order valence-electron chi connectivity index (χ1n) is 5.40. The Morgan fingerprint density at radius 2 is 1.89 bits per heavy atom. The smallest absolute Gasteiger partial charge is 0.303 e. The first-order chi connectivity index (χ1) is 8.91. The van der Waals surface area contributed by atoms with Crippen molar-refractivity contribution < 1.29 is 19.6 Å². The molecule has 0 aliphatic rings. The van der Waals surface area contributed by atoms with Crippen molar-refractivity contribution in [1.29, 1.82) is 0 Å². The van der Waals surface area contributed by atoms with E-state index < -0.39 is 10.9 Å². The molecule has 0 heterocycles. The number of ether oxygens (including phenoxy) is 1. The average Bonchev–Trinajstić information content (AvgIpc) is 2.30. The number of hydrogen-bond donors (Lipinski definition) is 1. The number of hydrogen-bond acceptors (Lipinski definition) is 4. The van der Waals surface area contributed by atoms with Crippen molar-refractivity contribution in [2.45, 2.75) is 19.3 Å². The zero-order valence-corrected chi connectivity index (χ0v) is 12.9. The van der Waals surface area contributed by atoms with Crippen molar-refractivity contribution in [2.24, 2.45) is 0 Å².